The molecule has 118 valence electrons. The number of hydrogen-bond donors (Lipinski definition) is 1. The number of aromatic nitrogens is 3. The SMILES string of the molecule is COCc1c(C(=O)O)nnn1-c1ccc(Cl)c(C(F)(F)F)c1. The molecule has 0 aliphatic rings. The molecule has 0 fully saturated rings. The lowest BCUT2D eigenvalue weighted by Gasteiger charge is -2.12. The van der Waals surface area contributed by atoms with Crippen LogP contribution >= 0.6 is 11.6 Å². The molecule has 0 bridgehead atoms. The predicted molar refractivity (Wildman–Crippen MR) is 69.0 cm³/mol. The third-order valence-corrected chi connectivity index (χ3v) is 3.08. The first-order valence-corrected chi connectivity index (χ1v) is 6.17. The number of carboxylic acid groups (broad SMARTS) is 1. The predicted octanol–water partition coefficient (Wildman–Crippen LogP) is 2.78. The van der Waals surface area contributed by atoms with Gasteiger partial charge in [-0.05, 0) is 18.2 Å². The average Bonchev–Trinajstić information content (AvgIpc) is 2.82. The molecule has 0 atom stereocenters. The van der Waals surface area contributed by atoms with Gasteiger partial charge in [0.15, 0.2) is 5.69 Å². The number of aromatic carboxylic acids is 1. The number of methoxy groups -OCH3 is 1. The molecule has 0 radical (unpaired) electrons. The molecule has 2 aromatic rings. The number of halogens is 4. The summed E-state index contributed by atoms with van der Waals surface area (Å²) < 4.78 is 44.5. The van der Waals surface area contributed by atoms with E-state index in [0.29, 0.717) is 0 Å². The van der Waals surface area contributed by atoms with Crippen LogP contribution in [-0.4, -0.2) is 33.2 Å². The molecule has 0 saturated carbocycles. The maximum absolute atomic E-state index is 12.9. The van der Waals surface area contributed by atoms with Gasteiger partial charge in [0, 0.05) is 7.11 Å². The number of alkyl halides is 3. The van der Waals surface area contributed by atoms with Crippen LogP contribution in [0, 0.1) is 0 Å². The van der Waals surface area contributed by atoms with Crippen LogP contribution in [-0.2, 0) is 17.5 Å². The van der Waals surface area contributed by atoms with E-state index in [9.17, 15) is 18.0 Å². The molecule has 1 heterocycles. The summed E-state index contributed by atoms with van der Waals surface area (Å²) in [5.74, 6) is -1.36. The Hall–Kier alpha value is -2.13. The lowest BCUT2D eigenvalue weighted by molar-refractivity contribution is -0.137. The average molecular weight is 336 g/mol. The zero-order chi connectivity index (χ0) is 16.5. The fourth-order valence-corrected chi connectivity index (χ4v) is 2.03. The largest absolute Gasteiger partial charge is 0.476 e. The van der Waals surface area contributed by atoms with Crippen molar-refractivity contribution in [1.82, 2.24) is 15.0 Å². The summed E-state index contributed by atoms with van der Waals surface area (Å²) in [5, 5.41) is 15.6. The summed E-state index contributed by atoms with van der Waals surface area (Å²) >= 11 is 5.54. The molecular weight excluding hydrogens is 327 g/mol. The minimum absolute atomic E-state index is 0.0189. The Kier molecular flexibility index (Phi) is 4.38. The van der Waals surface area contributed by atoms with Gasteiger partial charge in [-0.1, -0.05) is 16.8 Å². The van der Waals surface area contributed by atoms with E-state index in [1.807, 2.05) is 0 Å². The number of carbonyl (C=O) groups is 1. The summed E-state index contributed by atoms with van der Waals surface area (Å²) in [6, 6.07) is 3.09. The quantitative estimate of drug-likeness (QED) is 0.929. The van der Waals surface area contributed by atoms with Crippen molar-refractivity contribution < 1.29 is 27.8 Å². The molecule has 1 aromatic carbocycles. The smallest absolute Gasteiger partial charge is 0.417 e. The number of nitrogens with zero attached hydrogens (tertiary/aromatic N) is 3. The number of ether oxygens (including phenoxy) is 1. The van der Waals surface area contributed by atoms with Crippen LogP contribution in [0.4, 0.5) is 13.2 Å². The highest BCUT2D eigenvalue weighted by molar-refractivity contribution is 6.31. The van der Waals surface area contributed by atoms with Gasteiger partial charge in [-0.25, -0.2) is 9.48 Å². The van der Waals surface area contributed by atoms with E-state index >= 15 is 0 Å². The minimum atomic E-state index is -4.65. The molecule has 22 heavy (non-hydrogen) atoms. The summed E-state index contributed by atoms with van der Waals surface area (Å²) in [4.78, 5) is 11.0. The van der Waals surface area contributed by atoms with E-state index in [0.717, 1.165) is 16.8 Å². The first-order chi connectivity index (χ1) is 10.3. The Balaban J connectivity index is 2.60. The number of hydrogen-bond acceptors (Lipinski definition) is 4. The zero-order valence-corrected chi connectivity index (χ0v) is 11.8. The second kappa shape index (κ2) is 5.93. The topological polar surface area (TPSA) is 77.2 Å². The van der Waals surface area contributed by atoms with Crippen LogP contribution in [0.3, 0.4) is 0 Å². The normalized spacial score (nSPS) is 11.7. The maximum atomic E-state index is 12.9. The molecule has 10 heteroatoms. The van der Waals surface area contributed by atoms with Crippen molar-refractivity contribution >= 4 is 17.6 Å². The summed E-state index contributed by atoms with van der Waals surface area (Å²) in [6.07, 6.45) is -4.65. The lowest BCUT2D eigenvalue weighted by Crippen LogP contribution is -2.10. The third kappa shape index (κ3) is 3.04. The molecule has 0 aliphatic carbocycles. The molecule has 0 saturated heterocycles. The van der Waals surface area contributed by atoms with Crippen LogP contribution in [0.5, 0.6) is 0 Å². The molecule has 1 N–H and O–H groups in total. The van der Waals surface area contributed by atoms with Crippen LogP contribution in [0.1, 0.15) is 21.7 Å². The second-order valence-electron chi connectivity index (χ2n) is 4.20. The molecule has 0 spiro atoms. The van der Waals surface area contributed by atoms with Gasteiger partial charge < -0.3 is 9.84 Å². The zero-order valence-electron chi connectivity index (χ0n) is 11.1. The first kappa shape index (κ1) is 16.2. The Labute approximate surface area is 127 Å². The standard InChI is InChI=1S/C12H9ClF3N3O3/c1-22-5-9-10(11(20)21)17-18-19(9)6-2-3-8(13)7(4-6)12(14,15)16/h2-4H,5H2,1H3,(H,20,21). The van der Waals surface area contributed by atoms with Crippen molar-refractivity contribution in [3.05, 3.63) is 40.2 Å². The second-order valence-corrected chi connectivity index (χ2v) is 4.60. The van der Waals surface area contributed by atoms with Gasteiger partial charge in [-0.3, -0.25) is 0 Å². The van der Waals surface area contributed by atoms with E-state index < -0.39 is 28.4 Å². The van der Waals surface area contributed by atoms with Gasteiger partial charge in [0.1, 0.15) is 5.69 Å². The highest BCUT2D eigenvalue weighted by Gasteiger charge is 2.34. The van der Waals surface area contributed by atoms with E-state index in [1.165, 1.54) is 13.2 Å². The summed E-state index contributed by atoms with van der Waals surface area (Å²) in [6.45, 7) is -0.182. The maximum Gasteiger partial charge on any atom is 0.417 e. The lowest BCUT2D eigenvalue weighted by atomic mass is 10.2. The van der Waals surface area contributed by atoms with E-state index in [4.69, 9.17) is 21.4 Å². The first-order valence-electron chi connectivity index (χ1n) is 5.79. The summed E-state index contributed by atoms with van der Waals surface area (Å²) in [5.41, 5.74) is -1.46. The highest BCUT2D eigenvalue weighted by atomic mass is 35.5. The number of carboxylic acids is 1. The Morgan fingerprint density at radius 3 is 2.68 bits per heavy atom. The monoisotopic (exact) mass is 335 g/mol. The Morgan fingerprint density at radius 1 is 1.45 bits per heavy atom. The van der Waals surface area contributed by atoms with Crippen molar-refractivity contribution in [2.24, 2.45) is 0 Å². The highest BCUT2D eigenvalue weighted by Crippen LogP contribution is 2.35. The van der Waals surface area contributed by atoms with Crippen molar-refractivity contribution in [2.45, 2.75) is 12.8 Å². The molecule has 6 nitrogen and oxygen atoms in total. The third-order valence-electron chi connectivity index (χ3n) is 2.75. The fourth-order valence-electron chi connectivity index (χ4n) is 1.80. The molecular formula is C12H9ClF3N3O3. The Bertz CT molecular complexity index is 715. The van der Waals surface area contributed by atoms with E-state index in [2.05, 4.69) is 10.3 Å². The molecule has 2 rings (SSSR count). The van der Waals surface area contributed by atoms with Crippen LogP contribution < -0.4 is 0 Å². The van der Waals surface area contributed by atoms with E-state index in [1.54, 1.807) is 0 Å². The van der Waals surface area contributed by atoms with Crippen LogP contribution in [0.2, 0.25) is 5.02 Å². The molecule has 0 amide bonds. The molecule has 0 aliphatic heterocycles. The van der Waals surface area contributed by atoms with Crippen LogP contribution in [0.15, 0.2) is 18.2 Å². The molecule has 0 unspecified atom stereocenters. The van der Waals surface area contributed by atoms with Crippen molar-refractivity contribution in [3.8, 4) is 5.69 Å². The van der Waals surface area contributed by atoms with E-state index in [-0.39, 0.29) is 18.0 Å². The number of benzene rings is 1. The van der Waals surface area contributed by atoms with Gasteiger partial charge in [-0.15, -0.1) is 5.10 Å². The van der Waals surface area contributed by atoms with Gasteiger partial charge in [0.05, 0.1) is 22.9 Å². The fraction of sp³-hybridized carbons (Fsp3) is 0.250. The van der Waals surface area contributed by atoms with Gasteiger partial charge >= 0.3 is 12.1 Å². The Morgan fingerprint density at radius 2 is 2.14 bits per heavy atom. The van der Waals surface area contributed by atoms with Gasteiger partial charge in [-0.2, -0.15) is 13.2 Å². The molecule has 1 aromatic heterocycles. The van der Waals surface area contributed by atoms with Crippen molar-refractivity contribution in [3.63, 3.8) is 0 Å². The minimum Gasteiger partial charge on any atom is -0.476 e. The number of rotatable bonds is 4. The van der Waals surface area contributed by atoms with Gasteiger partial charge in [0.25, 0.3) is 0 Å². The van der Waals surface area contributed by atoms with Gasteiger partial charge in [0.2, 0.25) is 0 Å². The van der Waals surface area contributed by atoms with Crippen LogP contribution in [0.25, 0.3) is 5.69 Å². The van der Waals surface area contributed by atoms with Crippen molar-refractivity contribution in [1.29, 1.82) is 0 Å². The summed E-state index contributed by atoms with van der Waals surface area (Å²) in [7, 11) is 1.31. The van der Waals surface area contributed by atoms with Crippen molar-refractivity contribution in [2.75, 3.05) is 7.11 Å².